The van der Waals surface area contributed by atoms with Crippen LogP contribution in [0.1, 0.15) is 40.0 Å². The van der Waals surface area contributed by atoms with Gasteiger partial charge in [-0.05, 0) is 33.1 Å². The number of carbonyl (C=O) groups is 1. The summed E-state index contributed by atoms with van der Waals surface area (Å²) in [6, 6.07) is 0. The molecule has 0 bridgehead atoms. The van der Waals surface area contributed by atoms with Gasteiger partial charge in [0, 0.05) is 13.1 Å². The van der Waals surface area contributed by atoms with Crippen molar-refractivity contribution in [1.29, 1.82) is 0 Å². The third kappa shape index (κ3) is 3.43. The minimum Gasteiger partial charge on any atom is -0.481 e. The van der Waals surface area contributed by atoms with E-state index in [4.69, 9.17) is 4.74 Å². The fourth-order valence-electron chi connectivity index (χ4n) is 2.73. The molecule has 1 aliphatic heterocycles. The predicted molar refractivity (Wildman–Crippen MR) is 79.6 cm³/mol. The molecule has 1 N–H and O–H groups in total. The van der Waals surface area contributed by atoms with E-state index in [0.717, 1.165) is 13.0 Å². The van der Waals surface area contributed by atoms with Crippen LogP contribution in [-0.2, 0) is 4.79 Å². The number of piperidine rings is 1. The van der Waals surface area contributed by atoms with E-state index in [9.17, 15) is 9.90 Å². The average molecular weight is 293 g/mol. The largest absolute Gasteiger partial charge is 0.481 e. The van der Waals surface area contributed by atoms with Crippen LogP contribution in [0.3, 0.4) is 0 Å². The number of rotatable bonds is 5. The Morgan fingerprint density at radius 3 is 2.90 bits per heavy atom. The van der Waals surface area contributed by atoms with Crippen molar-refractivity contribution in [2.45, 2.75) is 46.1 Å². The zero-order chi connectivity index (χ0) is 15.5. The molecule has 1 aromatic rings. The van der Waals surface area contributed by atoms with Gasteiger partial charge in [-0.3, -0.25) is 9.78 Å². The molecule has 0 aromatic carbocycles. The summed E-state index contributed by atoms with van der Waals surface area (Å²) < 4.78 is 5.55. The van der Waals surface area contributed by atoms with Crippen molar-refractivity contribution in [1.82, 2.24) is 9.97 Å². The van der Waals surface area contributed by atoms with E-state index in [-0.39, 0.29) is 6.10 Å². The highest BCUT2D eigenvalue weighted by molar-refractivity contribution is 5.75. The molecule has 0 aliphatic carbocycles. The van der Waals surface area contributed by atoms with Crippen molar-refractivity contribution in [3.63, 3.8) is 0 Å². The number of carboxylic acids is 1. The Kier molecular flexibility index (Phi) is 4.65. The Morgan fingerprint density at radius 1 is 1.52 bits per heavy atom. The van der Waals surface area contributed by atoms with E-state index >= 15 is 0 Å². The number of carboxylic acid groups (broad SMARTS) is 1. The Bertz CT molecular complexity index is 507. The van der Waals surface area contributed by atoms with Crippen LogP contribution in [-0.4, -0.2) is 40.2 Å². The van der Waals surface area contributed by atoms with Crippen LogP contribution in [0.15, 0.2) is 12.4 Å². The highest BCUT2D eigenvalue weighted by Crippen LogP contribution is 2.35. The molecule has 0 radical (unpaired) electrons. The van der Waals surface area contributed by atoms with E-state index in [1.807, 2.05) is 25.7 Å². The molecule has 1 unspecified atom stereocenters. The molecule has 21 heavy (non-hydrogen) atoms. The van der Waals surface area contributed by atoms with Crippen LogP contribution >= 0.6 is 0 Å². The van der Waals surface area contributed by atoms with Gasteiger partial charge in [-0.1, -0.05) is 6.92 Å². The standard InChI is InChI=1S/C15H23N3O3/c1-4-15(14(19)20)6-5-7-18(10-15)12-8-16-9-13(17-12)21-11(2)3/h8-9,11H,4-7,10H2,1-3H3,(H,19,20). The van der Waals surface area contributed by atoms with Crippen molar-refractivity contribution in [3.8, 4) is 5.88 Å². The Hall–Kier alpha value is -1.85. The van der Waals surface area contributed by atoms with Crippen LogP contribution in [0.25, 0.3) is 0 Å². The second-order valence-electron chi connectivity index (χ2n) is 5.85. The SMILES string of the molecule is CCC1(C(=O)O)CCCN(c2cncc(OC(C)C)n2)C1. The number of hydrogen-bond donors (Lipinski definition) is 1. The summed E-state index contributed by atoms with van der Waals surface area (Å²) in [6.07, 6.45) is 5.46. The van der Waals surface area contributed by atoms with Gasteiger partial charge in [-0.2, -0.15) is 4.98 Å². The highest BCUT2D eigenvalue weighted by Gasteiger charge is 2.41. The quantitative estimate of drug-likeness (QED) is 0.898. The molecule has 2 heterocycles. The minimum atomic E-state index is -0.725. The third-order valence-corrected chi connectivity index (χ3v) is 3.99. The second-order valence-corrected chi connectivity index (χ2v) is 5.85. The van der Waals surface area contributed by atoms with Gasteiger partial charge in [0.05, 0.1) is 23.9 Å². The number of aromatic nitrogens is 2. The number of aliphatic carboxylic acids is 1. The first kappa shape index (κ1) is 15.5. The second kappa shape index (κ2) is 6.28. The van der Waals surface area contributed by atoms with Gasteiger partial charge >= 0.3 is 5.97 Å². The fourth-order valence-corrected chi connectivity index (χ4v) is 2.73. The molecule has 1 fully saturated rings. The molecule has 1 saturated heterocycles. The number of ether oxygens (including phenoxy) is 1. The number of nitrogens with zero attached hydrogens (tertiary/aromatic N) is 3. The minimum absolute atomic E-state index is 0.0321. The maximum Gasteiger partial charge on any atom is 0.311 e. The van der Waals surface area contributed by atoms with E-state index in [1.54, 1.807) is 12.4 Å². The zero-order valence-electron chi connectivity index (χ0n) is 12.9. The zero-order valence-corrected chi connectivity index (χ0v) is 12.9. The molecule has 0 amide bonds. The first-order chi connectivity index (χ1) is 9.97. The van der Waals surface area contributed by atoms with E-state index in [1.165, 1.54) is 0 Å². The molecular weight excluding hydrogens is 270 g/mol. The Balaban J connectivity index is 2.19. The van der Waals surface area contributed by atoms with E-state index in [2.05, 4.69) is 9.97 Å². The molecular formula is C15H23N3O3. The molecule has 1 aromatic heterocycles. The first-order valence-electron chi connectivity index (χ1n) is 7.44. The van der Waals surface area contributed by atoms with Gasteiger partial charge in [0.15, 0.2) is 5.82 Å². The summed E-state index contributed by atoms with van der Waals surface area (Å²) in [7, 11) is 0. The number of anilines is 1. The lowest BCUT2D eigenvalue weighted by Crippen LogP contribution is -2.48. The van der Waals surface area contributed by atoms with Crippen LogP contribution in [0.2, 0.25) is 0 Å². The van der Waals surface area contributed by atoms with Crippen LogP contribution in [0.4, 0.5) is 5.82 Å². The van der Waals surface area contributed by atoms with Crippen molar-refractivity contribution in [2.75, 3.05) is 18.0 Å². The van der Waals surface area contributed by atoms with Gasteiger partial charge < -0.3 is 14.7 Å². The monoisotopic (exact) mass is 293 g/mol. The van der Waals surface area contributed by atoms with Crippen molar-refractivity contribution < 1.29 is 14.6 Å². The number of hydrogen-bond acceptors (Lipinski definition) is 5. The molecule has 1 aliphatic rings. The van der Waals surface area contributed by atoms with E-state index in [0.29, 0.717) is 31.1 Å². The third-order valence-electron chi connectivity index (χ3n) is 3.99. The van der Waals surface area contributed by atoms with Crippen LogP contribution in [0, 0.1) is 5.41 Å². The molecule has 1 atom stereocenters. The summed E-state index contributed by atoms with van der Waals surface area (Å²) in [6.45, 7) is 7.07. The summed E-state index contributed by atoms with van der Waals surface area (Å²) in [5.74, 6) is 0.440. The average Bonchev–Trinajstić information content (AvgIpc) is 2.46. The Labute approximate surface area is 125 Å². The van der Waals surface area contributed by atoms with Gasteiger partial charge in [0.2, 0.25) is 5.88 Å². The van der Waals surface area contributed by atoms with Gasteiger partial charge in [0.25, 0.3) is 0 Å². The predicted octanol–water partition coefficient (Wildman–Crippen LogP) is 2.35. The summed E-state index contributed by atoms with van der Waals surface area (Å²) in [5, 5.41) is 9.54. The van der Waals surface area contributed by atoms with Crippen LogP contribution < -0.4 is 9.64 Å². The van der Waals surface area contributed by atoms with Gasteiger partial charge in [0.1, 0.15) is 0 Å². The molecule has 0 saturated carbocycles. The highest BCUT2D eigenvalue weighted by atomic mass is 16.5. The maximum atomic E-state index is 11.6. The first-order valence-corrected chi connectivity index (χ1v) is 7.44. The lowest BCUT2D eigenvalue weighted by Gasteiger charge is -2.39. The maximum absolute atomic E-state index is 11.6. The smallest absolute Gasteiger partial charge is 0.311 e. The van der Waals surface area contributed by atoms with Crippen molar-refractivity contribution in [2.24, 2.45) is 5.41 Å². The molecule has 116 valence electrons. The van der Waals surface area contributed by atoms with Gasteiger partial charge in [-0.15, -0.1) is 0 Å². The normalized spacial score (nSPS) is 22.4. The summed E-state index contributed by atoms with van der Waals surface area (Å²) in [5.41, 5.74) is -0.686. The molecule has 2 rings (SSSR count). The Morgan fingerprint density at radius 2 is 2.29 bits per heavy atom. The summed E-state index contributed by atoms with van der Waals surface area (Å²) >= 11 is 0. The van der Waals surface area contributed by atoms with E-state index < -0.39 is 11.4 Å². The lowest BCUT2D eigenvalue weighted by molar-refractivity contribution is -0.149. The van der Waals surface area contributed by atoms with Gasteiger partial charge in [-0.25, -0.2) is 0 Å². The fraction of sp³-hybridized carbons (Fsp3) is 0.667. The topological polar surface area (TPSA) is 75.5 Å². The van der Waals surface area contributed by atoms with Crippen LogP contribution in [0.5, 0.6) is 5.88 Å². The van der Waals surface area contributed by atoms with Crippen molar-refractivity contribution in [3.05, 3.63) is 12.4 Å². The van der Waals surface area contributed by atoms with Crippen molar-refractivity contribution >= 4 is 11.8 Å². The lowest BCUT2D eigenvalue weighted by atomic mass is 9.77. The molecule has 6 nitrogen and oxygen atoms in total. The summed E-state index contributed by atoms with van der Waals surface area (Å²) in [4.78, 5) is 22.2. The molecule has 6 heteroatoms. The molecule has 0 spiro atoms.